The number of carboxylic acid groups (broad SMARTS) is 1. The molecule has 0 unspecified atom stereocenters. The van der Waals surface area contributed by atoms with E-state index in [1.54, 1.807) is 24.3 Å². The van der Waals surface area contributed by atoms with Crippen LogP contribution in [0.5, 0.6) is 0 Å². The summed E-state index contributed by atoms with van der Waals surface area (Å²) in [5, 5.41) is 24.0. The lowest BCUT2D eigenvalue weighted by Gasteiger charge is -2.18. The SMILES string of the molecule is CC(C)C[C@H](CS)NC(=O)CCNCc1ccc(-c2ccccc2S(=O)(=O)NC(=O)[C@H](C)O)c(Cl)c1.CCCCC(=O)O. The van der Waals surface area contributed by atoms with Crippen LogP contribution in [0.25, 0.3) is 11.1 Å². The van der Waals surface area contributed by atoms with Gasteiger partial charge in [0.05, 0.1) is 4.90 Å². The number of thiol groups is 1. The van der Waals surface area contributed by atoms with Crippen LogP contribution in [0.1, 0.15) is 65.4 Å². The fraction of sp³-hybridized carbons (Fsp3) is 0.500. The Morgan fingerprint density at radius 3 is 2.23 bits per heavy atom. The van der Waals surface area contributed by atoms with Gasteiger partial charge in [0.15, 0.2) is 0 Å². The second-order valence-corrected chi connectivity index (χ2v) is 12.9. The smallest absolute Gasteiger partial charge is 0.303 e. The standard InChI is InChI=1S/C25H34ClN3O5S2.C5H10O2/c1-16(2)12-19(15-35)28-24(31)10-11-27-14-18-8-9-20(22(26)13-18)21-6-4-5-7-23(21)36(33,34)29-25(32)17(3)30;1-2-3-4-5(6)7/h4-9,13,16-17,19,27,30,35H,10-12,14-15H2,1-3H3,(H,28,31)(H,29,32);2-4H2,1H3,(H,6,7)/t17-,19+;/m0./s1. The third-order valence-corrected chi connectivity index (χ3v) is 8.22. The zero-order valence-corrected chi connectivity index (χ0v) is 27.6. The van der Waals surface area contributed by atoms with E-state index in [-0.39, 0.29) is 16.8 Å². The molecule has 0 bridgehead atoms. The number of carbonyl (C=O) groups is 3. The van der Waals surface area contributed by atoms with Crippen molar-refractivity contribution in [1.29, 1.82) is 0 Å². The van der Waals surface area contributed by atoms with Crippen molar-refractivity contribution >= 4 is 52.0 Å². The number of unbranched alkanes of at least 4 members (excludes halogenated alkanes) is 1. The molecule has 0 aromatic heterocycles. The Bertz CT molecular complexity index is 1300. The molecule has 5 N–H and O–H groups in total. The molecule has 2 aromatic rings. The Morgan fingerprint density at radius 1 is 1.02 bits per heavy atom. The summed E-state index contributed by atoms with van der Waals surface area (Å²) in [6, 6.07) is 11.5. The summed E-state index contributed by atoms with van der Waals surface area (Å²) in [7, 11) is -4.23. The first-order chi connectivity index (χ1) is 20.2. The van der Waals surface area contributed by atoms with Gasteiger partial charge in [-0.25, -0.2) is 13.1 Å². The number of halogens is 1. The maximum atomic E-state index is 12.8. The van der Waals surface area contributed by atoms with Gasteiger partial charge in [-0.05, 0) is 43.4 Å². The van der Waals surface area contributed by atoms with Crippen LogP contribution in [0.4, 0.5) is 0 Å². The Kier molecular flexibility index (Phi) is 17.5. The first-order valence-electron chi connectivity index (χ1n) is 14.2. The predicted octanol–water partition coefficient (Wildman–Crippen LogP) is 4.39. The molecule has 13 heteroatoms. The van der Waals surface area contributed by atoms with Crippen LogP contribution in [-0.4, -0.2) is 60.9 Å². The third kappa shape index (κ3) is 14.6. The maximum Gasteiger partial charge on any atom is 0.303 e. The first kappa shape index (κ1) is 38.4. The summed E-state index contributed by atoms with van der Waals surface area (Å²) < 4.78 is 27.4. The van der Waals surface area contributed by atoms with Gasteiger partial charge in [-0.1, -0.05) is 69.1 Å². The molecule has 2 atom stereocenters. The molecule has 0 spiro atoms. The van der Waals surface area contributed by atoms with E-state index in [2.05, 4.69) is 37.1 Å². The highest BCUT2D eigenvalue weighted by molar-refractivity contribution is 7.90. The molecule has 43 heavy (non-hydrogen) atoms. The molecule has 240 valence electrons. The topological polar surface area (TPSA) is 162 Å². The van der Waals surface area contributed by atoms with Gasteiger partial charge in [0.25, 0.3) is 15.9 Å². The van der Waals surface area contributed by atoms with Crippen molar-refractivity contribution < 1.29 is 33.0 Å². The highest BCUT2D eigenvalue weighted by Gasteiger charge is 2.24. The molecule has 0 saturated carbocycles. The molecular formula is C30H44ClN3O7S2. The fourth-order valence-electron chi connectivity index (χ4n) is 3.89. The number of hydrogen-bond donors (Lipinski definition) is 6. The normalized spacial score (nSPS) is 12.6. The second-order valence-electron chi connectivity index (χ2n) is 10.5. The molecule has 0 saturated heterocycles. The van der Waals surface area contributed by atoms with Crippen molar-refractivity contribution in [2.45, 2.75) is 83.4 Å². The second kappa shape index (κ2) is 19.6. The van der Waals surface area contributed by atoms with Crippen LogP contribution in [0, 0.1) is 5.92 Å². The van der Waals surface area contributed by atoms with Gasteiger partial charge in [-0.3, -0.25) is 14.4 Å². The number of nitrogens with one attached hydrogen (secondary N) is 3. The zero-order chi connectivity index (χ0) is 32.6. The molecule has 10 nitrogen and oxygen atoms in total. The molecular weight excluding hydrogens is 614 g/mol. The summed E-state index contributed by atoms with van der Waals surface area (Å²) in [4.78, 5) is 33.6. The summed E-state index contributed by atoms with van der Waals surface area (Å²) in [5.74, 6) is -0.673. The zero-order valence-electron chi connectivity index (χ0n) is 25.1. The van der Waals surface area contributed by atoms with E-state index < -0.39 is 28.0 Å². The number of sulfonamides is 1. The highest BCUT2D eigenvalue weighted by atomic mass is 35.5. The number of rotatable bonds is 16. The van der Waals surface area contributed by atoms with Crippen molar-refractivity contribution in [2.75, 3.05) is 12.3 Å². The summed E-state index contributed by atoms with van der Waals surface area (Å²) in [6.45, 7) is 8.32. The molecule has 2 aromatic carbocycles. The van der Waals surface area contributed by atoms with E-state index in [1.165, 1.54) is 19.1 Å². The number of benzene rings is 2. The lowest BCUT2D eigenvalue weighted by molar-refractivity contribution is -0.137. The Hall–Kier alpha value is -2.64. The lowest BCUT2D eigenvalue weighted by atomic mass is 10.0. The van der Waals surface area contributed by atoms with Gasteiger partial charge < -0.3 is 20.8 Å². The number of hydrogen-bond acceptors (Lipinski definition) is 8. The van der Waals surface area contributed by atoms with E-state index >= 15 is 0 Å². The minimum atomic E-state index is -4.23. The molecule has 0 aliphatic rings. The molecule has 0 heterocycles. The van der Waals surface area contributed by atoms with Crippen LogP contribution in [-0.2, 0) is 31.0 Å². The summed E-state index contributed by atoms with van der Waals surface area (Å²) in [5.41, 5.74) is 1.66. The van der Waals surface area contributed by atoms with E-state index in [1.807, 2.05) is 17.7 Å². The van der Waals surface area contributed by atoms with Crippen LogP contribution < -0.4 is 15.4 Å². The van der Waals surface area contributed by atoms with Crippen LogP contribution in [0.3, 0.4) is 0 Å². The minimum absolute atomic E-state index is 0.0314. The molecule has 0 radical (unpaired) electrons. The average Bonchev–Trinajstić information content (AvgIpc) is 2.93. The van der Waals surface area contributed by atoms with Gasteiger partial charge in [-0.15, -0.1) is 0 Å². The van der Waals surface area contributed by atoms with Crippen LogP contribution in [0.2, 0.25) is 5.02 Å². The first-order valence-corrected chi connectivity index (χ1v) is 16.7. The van der Waals surface area contributed by atoms with E-state index in [9.17, 15) is 27.9 Å². The van der Waals surface area contributed by atoms with Gasteiger partial charge >= 0.3 is 5.97 Å². The molecule has 2 rings (SSSR count). The van der Waals surface area contributed by atoms with Crippen molar-refractivity contribution in [2.24, 2.45) is 5.92 Å². The summed E-state index contributed by atoms with van der Waals surface area (Å²) in [6.07, 6.45) is 1.82. The lowest BCUT2D eigenvalue weighted by Crippen LogP contribution is -2.38. The van der Waals surface area contributed by atoms with E-state index in [0.29, 0.717) is 53.8 Å². The van der Waals surface area contributed by atoms with Gasteiger partial charge in [0.2, 0.25) is 5.91 Å². The van der Waals surface area contributed by atoms with Crippen LogP contribution in [0.15, 0.2) is 47.4 Å². The van der Waals surface area contributed by atoms with Crippen LogP contribution >= 0.6 is 24.2 Å². The van der Waals surface area contributed by atoms with Gasteiger partial charge in [-0.2, -0.15) is 12.6 Å². The molecule has 0 aliphatic carbocycles. The third-order valence-electron chi connectivity index (χ3n) is 6.06. The highest BCUT2D eigenvalue weighted by Crippen LogP contribution is 2.33. The van der Waals surface area contributed by atoms with Crippen molar-refractivity contribution in [3.8, 4) is 11.1 Å². The Labute approximate surface area is 265 Å². The molecule has 0 fully saturated rings. The fourth-order valence-corrected chi connectivity index (χ4v) is 5.71. The number of carbonyl (C=O) groups excluding carboxylic acids is 2. The minimum Gasteiger partial charge on any atom is -0.481 e. The summed E-state index contributed by atoms with van der Waals surface area (Å²) >= 11 is 10.8. The number of amides is 2. The molecule has 2 amide bonds. The average molecular weight is 658 g/mol. The monoisotopic (exact) mass is 657 g/mol. The number of aliphatic hydroxyl groups excluding tert-OH is 1. The number of carboxylic acids is 1. The van der Waals surface area contributed by atoms with Crippen molar-refractivity contribution in [1.82, 2.24) is 15.4 Å². The Balaban J connectivity index is 0.00000117. The van der Waals surface area contributed by atoms with E-state index in [4.69, 9.17) is 16.7 Å². The van der Waals surface area contributed by atoms with E-state index in [0.717, 1.165) is 24.8 Å². The predicted molar refractivity (Wildman–Crippen MR) is 173 cm³/mol. The largest absolute Gasteiger partial charge is 0.481 e. The van der Waals surface area contributed by atoms with Crippen molar-refractivity contribution in [3.63, 3.8) is 0 Å². The van der Waals surface area contributed by atoms with Gasteiger partial charge in [0, 0.05) is 53.9 Å². The number of aliphatic carboxylic acids is 1. The van der Waals surface area contributed by atoms with Crippen molar-refractivity contribution in [3.05, 3.63) is 53.1 Å². The van der Waals surface area contributed by atoms with Gasteiger partial charge in [0.1, 0.15) is 6.10 Å². The Morgan fingerprint density at radius 2 is 1.70 bits per heavy atom. The quantitative estimate of drug-likeness (QED) is 0.114. The number of aliphatic hydroxyl groups is 1. The maximum absolute atomic E-state index is 12.8. The molecule has 0 aliphatic heterocycles.